The molecule has 5 heteroatoms. The van der Waals surface area contributed by atoms with Crippen LogP contribution in [0.3, 0.4) is 0 Å². The molecule has 0 aliphatic rings. The lowest BCUT2D eigenvalue weighted by atomic mass is 9.91. The van der Waals surface area contributed by atoms with Gasteiger partial charge in [0.1, 0.15) is 17.2 Å². The SMILES string of the molecule is CCC(O)(COC)c1c(F)ccc(Br)c1F. The molecule has 0 bridgehead atoms. The van der Waals surface area contributed by atoms with Crippen LogP contribution in [0.25, 0.3) is 0 Å². The van der Waals surface area contributed by atoms with Crippen LogP contribution in [0.1, 0.15) is 18.9 Å². The summed E-state index contributed by atoms with van der Waals surface area (Å²) in [6, 6.07) is 2.37. The molecule has 1 aromatic carbocycles. The predicted molar refractivity (Wildman–Crippen MR) is 60.1 cm³/mol. The van der Waals surface area contributed by atoms with Gasteiger partial charge in [0.15, 0.2) is 0 Å². The van der Waals surface area contributed by atoms with Gasteiger partial charge < -0.3 is 9.84 Å². The summed E-state index contributed by atoms with van der Waals surface area (Å²) in [7, 11) is 1.37. The predicted octanol–water partition coefficient (Wildman–Crippen LogP) is 2.97. The van der Waals surface area contributed by atoms with Gasteiger partial charge in [-0.25, -0.2) is 8.78 Å². The number of aliphatic hydroxyl groups is 1. The van der Waals surface area contributed by atoms with E-state index in [4.69, 9.17) is 4.74 Å². The van der Waals surface area contributed by atoms with Crippen molar-refractivity contribution in [1.82, 2.24) is 0 Å². The second-order valence-electron chi connectivity index (χ2n) is 3.54. The van der Waals surface area contributed by atoms with Gasteiger partial charge in [-0.15, -0.1) is 0 Å². The van der Waals surface area contributed by atoms with Gasteiger partial charge in [0.2, 0.25) is 0 Å². The van der Waals surface area contributed by atoms with Crippen molar-refractivity contribution in [2.45, 2.75) is 18.9 Å². The van der Waals surface area contributed by atoms with Gasteiger partial charge in [-0.05, 0) is 34.5 Å². The van der Waals surface area contributed by atoms with Crippen molar-refractivity contribution in [1.29, 1.82) is 0 Å². The van der Waals surface area contributed by atoms with Gasteiger partial charge in [0, 0.05) is 7.11 Å². The van der Waals surface area contributed by atoms with Crippen LogP contribution in [0.2, 0.25) is 0 Å². The van der Waals surface area contributed by atoms with Crippen LogP contribution in [-0.2, 0) is 10.3 Å². The van der Waals surface area contributed by atoms with E-state index in [1.165, 1.54) is 13.2 Å². The van der Waals surface area contributed by atoms with Crippen molar-refractivity contribution in [3.8, 4) is 0 Å². The van der Waals surface area contributed by atoms with Crippen LogP contribution in [0.15, 0.2) is 16.6 Å². The van der Waals surface area contributed by atoms with E-state index in [1.807, 2.05) is 0 Å². The second kappa shape index (κ2) is 5.21. The van der Waals surface area contributed by atoms with Crippen molar-refractivity contribution in [3.63, 3.8) is 0 Å². The first-order valence-corrected chi connectivity index (χ1v) is 5.61. The molecule has 0 fully saturated rings. The lowest BCUT2D eigenvalue weighted by Crippen LogP contribution is -2.33. The van der Waals surface area contributed by atoms with E-state index in [-0.39, 0.29) is 23.1 Å². The molecule has 0 aliphatic carbocycles. The van der Waals surface area contributed by atoms with Crippen molar-refractivity contribution in [2.24, 2.45) is 0 Å². The Morgan fingerprint density at radius 1 is 1.44 bits per heavy atom. The average molecular weight is 295 g/mol. The van der Waals surface area contributed by atoms with Crippen LogP contribution in [0.5, 0.6) is 0 Å². The molecule has 90 valence electrons. The van der Waals surface area contributed by atoms with E-state index in [2.05, 4.69) is 15.9 Å². The average Bonchev–Trinajstić information content (AvgIpc) is 2.24. The van der Waals surface area contributed by atoms with Gasteiger partial charge in [-0.3, -0.25) is 0 Å². The van der Waals surface area contributed by atoms with Crippen LogP contribution >= 0.6 is 15.9 Å². The zero-order valence-electron chi connectivity index (χ0n) is 9.06. The van der Waals surface area contributed by atoms with Crippen molar-refractivity contribution >= 4 is 15.9 Å². The molecule has 0 saturated heterocycles. The molecule has 1 unspecified atom stereocenters. The van der Waals surface area contributed by atoms with Gasteiger partial charge >= 0.3 is 0 Å². The molecule has 0 heterocycles. The molecule has 2 nitrogen and oxygen atoms in total. The molecule has 0 saturated carbocycles. The third kappa shape index (κ3) is 2.42. The summed E-state index contributed by atoms with van der Waals surface area (Å²) in [5, 5.41) is 10.2. The van der Waals surface area contributed by atoms with E-state index in [9.17, 15) is 13.9 Å². The highest BCUT2D eigenvalue weighted by Gasteiger charge is 2.34. The van der Waals surface area contributed by atoms with E-state index in [1.54, 1.807) is 6.92 Å². The van der Waals surface area contributed by atoms with Gasteiger partial charge in [0.05, 0.1) is 16.6 Å². The number of hydrogen-bond acceptors (Lipinski definition) is 2. The number of benzene rings is 1. The topological polar surface area (TPSA) is 29.5 Å². The largest absolute Gasteiger partial charge is 0.383 e. The molecule has 1 atom stereocenters. The molecule has 1 rings (SSSR count). The monoisotopic (exact) mass is 294 g/mol. The maximum atomic E-state index is 13.8. The summed E-state index contributed by atoms with van der Waals surface area (Å²) in [6.07, 6.45) is 0.158. The van der Waals surface area contributed by atoms with E-state index in [0.717, 1.165) is 6.07 Å². The molecule has 0 amide bonds. The minimum Gasteiger partial charge on any atom is -0.383 e. The van der Waals surface area contributed by atoms with Crippen LogP contribution in [0.4, 0.5) is 8.78 Å². The summed E-state index contributed by atoms with van der Waals surface area (Å²) >= 11 is 2.96. The smallest absolute Gasteiger partial charge is 0.146 e. The number of hydrogen-bond donors (Lipinski definition) is 1. The third-order valence-corrected chi connectivity index (χ3v) is 3.09. The first kappa shape index (κ1) is 13.5. The lowest BCUT2D eigenvalue weighted by molar-refractivity contribution is -0.0435. The quantitative estimate of drug-likeness (QED) is 0.865. The highest BCUT2D eigenvalue weighted by atomic mass is 79.9. The first-order valence-electron chi connectivity index (χ1n) is 4.81. The van der Waals surface area contributed by atoms with Gasteiger partial charge in [-0.2, -0.15) is 0 Å². The van der Waals surface area contributed by atoms with Crippen molar-refractivity contribution in [2.75, 3.05) is 13.7 Å². The summed E-state index contributed by atoms with van der Waals surface area (Å²) in [4.78, 5) is 0. The Morgan fingerprint density at radius 3 is 2.56 bits per heavy atom. The Kier molecular flexibility index (Phi) is 4.41. The summed E-state index contributed by atoms with van der Waals surface area (Å²) in [5.41, 5.74) is -2.00. The molecule has 1 N–H and O–H groups in total. The zero-order chi connectivity index (χ0) is 12.3. The minimum absolute atomic E-state index is 0.117. The lowest BCUT2D eigenvalue weighted by Gasteiger charge is -2.27. The standard InChI is InChI=1S/C11H13BrF2O2/c1-3-11(15,6-16-2)9-8(13)5-4-7(12)10(9)14/h4-5,15H,3,6H2,1-2H3. The minimum atomic E-state index is -1.65. The molecular weight excluding hydrogens is 282 g/mol. The van der Waals surface area contributed by atoms with Crippen LogP contribution in [-0.4, -0.2) is 18.8 Å². The van der Waals surface area contributed by atoms with Gasteiger partial charge in [0.25, 0.3) is 0 Å². The van der Waals surface area contributed by atoms with E-state index in [0.29, 0.717) is 0 Å². The first-order chi connectivity index (χ1) is 7.46. The Bertz CT molecular complexity index is 384. The maximum Gasteiger partial charge on any atom is 0.146 e. The third-order valence-electron chi connectivity index (χ3n) is 2.48. The second-order valence-corrected chi connectivity index (χ2v) is 4.39. The molecule has 0 spiro atoms. The molecule has 0 radical (unpaired) electrons. The summed E-state index contributed by atoms with van der Waals surface area (Å²) in [6.45, 7) is 1.48. The number of halogens is 3. The fourth-order valence-electron chi connectivity index (χ4n) is 1.54. The Morgan fingerprint density at radius 2 is 2.06 bits per heavy atom. The molecule has 16 heavy (non-hydrogen) atoms. The number of ether oxygens (including phenoxy) is 1. The fraction of sp³-hybridized carbons (Fsp3) is 0.455. The van der Waals surface area contributed by atoms with Crippen LogP contribution < -0.4 is 0 Å². The highest BCUT2D eigenvalue weighted by molar-refractivity contribution is 9.10. The Hall–Kier alpha value is -0.520. The molecule has 1 aromatic rings. The summed E-state index contributed by atoms with van der Waals surface area (Å²) < 4.78 is 32.2. The normalized spacial score (nSPS) is 14.9. The fourth-order valence-corrected chi connectivity index (χ4v) is 1.87. The van der Waals surface area contributed by atoms with Gasteiger partial charge in [-0.1, -0.05) is 6.92 Å². The molecular formula is C11H13BrF2O2. The van der Waals surface area contributed by atoms with E-state index >= 15 is 0 Å². The summed E-state index contributed by atoms with van der Waals surface area (Å²) in [5.74, 6) is -1.57. The number of rotatable bonds is 4. The number of methoxy groups -OCH3 is 1. The van der Waals surface area contributed by atoms with Crippen molar-refractivity contribution in [3.05, 3.63) is 33.8 Å². The Balaban J connectivity index is 3.34. The highest BCUT2D eigenvalue weighted by Crippen LogP contribution is 2.33. The van der Waals surface area contributed by atoms with E-state index < -0.39 is 17.2 Å². The molecule has 0 aromatic heterocycles. The zero-order valence-corrected chi connectivity index (χ0v) is 10.6. The van der Waals surface area contributed by atoms with Crippen molar-refractivity contribution < 1.29 is 18.6 Å². The molecule has 0 aliphatic heterocycles. The van der Waals surface area contributed by atoms with Crippen LogP contribution in [0, 0.1) is 11.6 Å². The Labute approximate surface area is 101 Å². The maximum absolute atomic E-state index is 13.8.